The standard InChI is InChI=1S/C17H21FN2O3/c18-16(5-2-6-16)15(21)20-11-17(12-20)13(4-8-23-17)10-22-14-3-1-7-19-9-14/h1,3,7,9,13H,2,4-6,8,10-12H2/t13-/m0/s1. The third kappa shape index (κ3) is 2.49. The highest BCUT2D eigenvalue weighted by atomic mass is 19.1. The van der Waals surface area contributed by atoms with Gasteiger partial charge >= 0.3 is 0 Å². The second kappa shape index (κ2) is 5.44. The van der Waals surface area contributed by atoms with E-state index in [1.54, 1.807) is 17.3 Å². The molecule has 1 amide bonds. The highest BCUT2D eigenvalue weighted by Gasteiger charge is 2.58. The van der Waals surface area contributed by atoms with Gasteiger partial charge in [0.05, 0.1) is 25.9 Å². The van der Waals surface area contributed by atoms with E-state index < -0.39 is 5.67 Å². The van der Waals surface area contributed by atoms with Crippen LogP contribution in [0.1, 0.15) is 25.7 Å². The van der Waals surface area contributed by atoms with Gasteiger partial charge in [-0.25, -0.2) is 4.39 Å². The Morgan fingerprint density at radius 1 is 1.48 bits per heavy atom. The Hall–Kier alpha value is -1.69. The third-order valence-electron chi connectivity index (χ3n) is 5.42. The maximum Gasteiger partial charge on any atom is 0.260 e. The topological polar surface area (TPSA) is 51.7 Å². The van der Waals surface area contributed by atoms with Crippen LogP contribution in [0.15, 0.2) is 24.5 Å². The van der Waals surface area contributed by atoms with Crippen molar-refractivity contribution in [1.29, 1.82) is 0 Å². The fraction of sp³-hybridized carbons (Fsp3) is 0.647. The first-order valence-electron chi connectivity index (χ1n) is 8.26. The second-order valence-electron chi connectivity index (χ2n) is 6.88. The Morgan fingerprint density at radius 2 is 2.30 bits per heavy atom. The van der Waals surface area contributed by atoms with Gasteiger partial charge in [0.15, 0.2) is 5.67 Å². The van der Waals surface area contributed by atoms with Crippen LogP contribution < -0.4 is 4.74 Å². The lowest BCUT2D eigenvalue weighted by Gasteiger charge is -2.52. The van der Waals surface area contributed by atoms with Gasteiger partial charge in [-0.15, -0.1) is 0 Å². The lowest BCUT2D eigenvalue weighted by Crippen LogP contribution is -2.69. The summed E-state index contributed by atoms with van der Waals surface area (Å²) in [7, 11) is 0. The Kier molecular flexibility index (Phi) is 3.52. The molecule has 6 heteroatoms. The van der Waals surface area contributed by atoms with Gasteiger partial charge in [0.2, 0.25) is 0 Å². The number of carbonyl (C=O) groups is 1. The summed E-state index contributed by atoms with van der Waals surface area (Å²) < 4.78 is 26.0. The number of hydrogen-bond donors (Lipinski definition) is 0. The summed E-state index contributed by atoms with van der Waals surface area (Å²) in [5.74, 6) is 0.611. The van der Waals surface area contributed by atoms with Crippen molar-refractivity contribution in [2.24, 2.45) is 5.92 Å². The van der Waals surface area contributed by atoms with E-state index in [2.05, 4.69) is 4.98 Å². The highest BCUT2D eigenvalue weighted by Crippen LogP contribution is 2.44. The number of amides is 1. The van der Waals surface area contributed by atoms with Crippen molar-refractivity contribution < 1.29 is 18.7 Å². The molecule has 3 fully saturated rings. The van der Waals surface area contributed by atoms with Gasteiger partial charge in [0.1, 0.15) is 11.4 Å². The average Bonchev–Trinajstić information content (AvgIpc) is 2.93. The summed E-state index contributed by atoms with van der Waals surface area (Å²) in [6, 6.07) is 3.70. The predicted octanol–water partition coefficient (Wildman–Crippen LogP) is 1.97. The van der Waals surface area contributed by atoms with Crippen LogP contribution in [0.25, 0.3) is 0 Å². The molecule has 1 aromatic rings. The Bertz CT molecular complexity index is 585. The maximum atomic E-state index is 14.2. The Balaban J connectivity index is 1.35. The largest absolute Gasteiger partial charge is 0.492 e. The van der Waals surface area contributed by atoms with Crippen molar-refractivity contribution in [3.63, 3.8) is 0 Å². The Morgan fingerprint density at radius 3 is 2.96 bits per heavy atom. The number of nitrogens with zero attached hydrogens (tertiary/aromatic N) is 2. The SMILES string of the molecule is O=C(N1CC2(C1)OCC[C@H]2COc1cccnc1)C1(F)CCC1. The molecule has 0 radical (unpaired) electrons. The van der Waals surface area contributed by atoms with Gasteiger partial charge in [-0.05, 0) is 37.8 Å². The van der Waals surface area contributed by atoms with Gasteiger partial charge < -0.3 is 14.4 Å². The molecule has 3 aliphatic rings. The van der Waals surface area contributed by atoms with Gasteiger partial charge in [-0.3, -0.25) is 9.78 Å². The molecule has 2 saturated heterocycles. The molecule has 3 heterocycles. The molecular weight excluding hydrogens is 299 g/mol. The summed E-state index contributed by atoms with van der Waals surface area (Å²) in [6.45, 7) is 2.18. The minimum atomic E-state index is -1.61. The number of aromatic nitrogens is 1. The number of ether oxygens (including phenoxy) is 2. The number of likely N-dealkylation sites (tertiary alicyclic amines) is 1. The smallest absolute Gasteiger partial charge is 0.260 e. The summed E-state index contributed by atoms with van der Waals surface area (Å²) >= 11 is 0. The van der Waals surface area contributed by atoms with Crippen molar-refractivity contribution in [3.8, 4) is 5.75 Å². The molecule has 0 N–H and O–H groups in total. The lowest BCUT2D eigenvalue weighted by molar-refractivity contribution is -0.181. The van der Waals surface area contributed by atoms with E-state index >= 15 is 0 Å². The molecule has 0 unspecified atom stereocenters. The zero-order valence-electron chi connectivity index (χ0n) is 13.0. The summed E-state index contributed by atoms with van der Waals surface area (Å²) in [5.41, 5.74) is -1.96. The predicted molar refractivity (Wildman–Crippen MR) is 80.8 cm³/mol. The van der Waals surface area contributed by atoms with Crippen molar-refractivity contribution in [2.75, 3.05) is 26.3 Å². The average molecular weight is 320 g/mol. The molecule has 5 nitrogen and oxygen atoms in total. The molecule has 2 aliphatic heterocycles. The van der Waals surface area contributed by atoms with Crippen LogP contribution in [-0.2, 0) is 9.53 Å². The van der Waals surface area contributed by atoms with Crippen molar-refractivity contribution in [3.05, 3.63) is 24.5 Å². The molecule has 23 heavy (non-hydrogen) atoms. The van der Waals surface area contributed by atoms with Crippen LogP contribution in [0, 0.1) is 5.92 Å². The molecular formula is C17H21FN2O3. The molecule has 1 saturated carbocycles. The number of carbonyl (C=O) groups excluding carboxylic acids is 1. The monoisotopic (exact) mass is 320 g/mol. The molecule has 4 rings (SSSR count). The number of alkyl halides is 1. The first-order valence-corrected chi connectivity index (χ1v) is 8.26. The first-order chi connectivity index (χ1) is 11.1. The Labute approximate surface area is 134 Å². The fourth-order valence-electron chi connectivity index (χ4n) is 3.73. The molecule has 0 bridgehead atoms. The number of pyridine rings is 1. The highest BCUT2D eigenvalue weighted by molar-refractivity contribution is 5.87. The van der Waals surface area contributed by atoms with E-state index in [1.807, 2.05) is 12.1 Å². The first kappa shape index (κ1) is 14.9. The van der Waals surface area contributed by atoms with Crippen molar-refractivity contribution in [1.82, 2.24) is 9.88 Å². The minimum Gasteiger partial charge on any atom is -0.492 e. The summed E-state index contributed by atoms with van der Waals surface area (Å²) in [5, 5.41) is 0. The van der Waals surface area contributed by atoms with Crippen LogP contribution >= 0.6 is 0 Å². The van der Waals surface area contributed by atoms with Gasteiger partial charge in [-0.1, -0.05) is 0 Å². The zero-order valence-corrected chi connectivity index (χ0v) is 13.0. The number of hydrogen-bond acceptors (Lipinski definition) is 4. The molecule has 1 aliphatic carbocycles. The second-order valence-corrected chi connectivity index (χ2v) is 6.88. The van der Waals surface area contributed by atoms with Crippen LogP contribution in [0.3, 0.4) is 0 Å². The van der Waals surface area contributed by atoms with Crippen molar-refractivity contribution >= 4 is 5.91 Å². The van der Waals surface area contributed by atoms with Crippen LogP contribution in [0.5, 0.6) is 5.75 Å². The summed E-state index contributed by atoms with van der Waals surface area (Å²) in [6.07, 6.45) is 5.83. The van der Waals surface area contributed by atoms with Gasteiger partial charge in [0, 0.05) is 18.7 Å². The molecule has 124 valence electrons. The van der Waals surface area contributed by atoms with Gasteiger partial charge in [0.25, 0.3) is 5.91 Å². The van der Waals surface area contributed by atoms with E-state index in [9.17, 15) is 9.18 Å². The van der Waals surface area contributed by atoms with E-state index in [0.717, 1.165) is 18.6 Å². The minimum absolute atomic E-state index is 0.226. The maximum absolute atomic E-state index is 14.2. The normalized spacial score (nSPS) is 27.3. The third-order valence-corrected chi connectivity index (χ3v) is 5.42. The zero-order chi connectivity index (χ0) is 15.9. The van der Waals surface area contributed by atoms with E-state index in [0.29, 0.717) is 39.1 Å². The molecule has 0 aromatic carbocycles. The van der Waals surface area contributed by atoms with Crippen LogP contribution in [-0.4, -0.2) is 53.4 Å². The number of halogens is 1. The quantitative estimate of drug-likeness (QED) is 0.851. The number of rotatable bonds is 4. The van der Waals surface area contributed by atoms with E-state index in [1.165, 1.54) is 0 Å². The summed E-state index contributed by atoms with van der Waals surface area (Å²) in [4.78, 5) is 17.9. The molecule has 1 spiro atoms. The van der Waals surface area contributed by atoms with Crippen molar-refractivity contribution in [2.45, 2.75) is 37.0 Å². The van der Waals surface area contributed by atoms with E-state index in [-0.39, 0.29) is 17.4 Å². The molecule has 1 aromatic heterocycles. The fourth-order valence-corrected chi connectivity index (χ4v) is 3.73. The van der Waals surface area contributed by atoms with Gasteiger partial charge in [-0.2, -0.15) is 0 Å². The van der Waals surface area contributed by atoms with Crippen LogP contribution in [0.4, 0.5) is 4.39 Å². The van der Waals surface area contributed by atoms with Crippen LogP contribution in [0.2, 0.25) is 0 Å². The molecule has 1 atom stereocenters. The van der Waals surface area contributed by atoms with E-state index in [4.69, 9.17) is 9.47 Å². The lowest BCUT2D eigenvalue weighted by atomic mass is 9.76.